The minimum absolute atomic E-state index is 0.0708. The number of benzene rings is 2. The van der Waals surface area contributed by atoms with E-state index in [4.69, 9.17) is 9.47 Å². The van der Waals surface area contributed by atoms with E-state index >= 15 is 0 Å². The minimum Gasteiger partial charge on any atom is -0.484 e. The van der Waals surface area contributed by atoms with Gasteiger partial charge in [0.2, 0.25) is 0 Å². The Kier molecular flexibility index (Phi) is 5.25. The van der Waals surface area contributed by atoms with Crippen LogP contribution in [0.2, 0.25) is 0 Å². The monoisotopic (exact) mass is 342 g/mol. The number of nitro benzene ring substituents is 1. The summed E-state index contributed by atoms with van der Waals surface area (Å²) in [6.07, 6.45) is 0. The molecule has 25 heavy (non-hydrogen) atoms. The summed E-state index contributed by atoms with van der Waals surface area (Å²) in [7, 11) is 0. The Balaban J connectivity index is 1.67. The standard InChI is InChI=1S/C18H18N2O5/c21-18(13-25-16-8-4-7-15(11-16)20(22)23)19-9-10-24-12-17(19)14-5-2-1-3-6-14/h1-8,11,17H,9-10,12-13H2/t17-/m0/s1. The quantitative estimate of drug-likeness (QED) is 0.616. The maximum absolute atomic E-state index is 12.6. The third kappa shape index (κ3) is 4.13. The van der Waals surface area contributed by atoms with Gasteiger partial charge in [0.1, 0.15) is 5.75 Å². The summed E-state index contributed by atoms with van der Waals surface area (Å²) in [5.41, 5.74) is 0.935. The van der Waals surface area contributed by atoms with Crippen LogP contribution < -0.4 is 4.74 Å². The lowest BCUT2D eigenvalue weighted by atomic mass is 10.1. The smallest absolute Gasteiger partial charge is 0.273 e. The molecule has 0 aliphatic carbocycles. The Morgan fingerprint density at radius 1 is 1.24 bits per heavy atom. The third-order valence-corrected chi connectivity index (χ3v) is 4.02. The Bertz CT molecular complexity index is 750. The molecule has 2 aromatic carbocycles. The first kappa shape index (κ1) is 16.9. The Hall–Kier alpha value is -2.93. The van der Waals surface area contributed by atoms with Gasteiger partial charge < -0.3 is 14.4 Å². The predicted molar refractivity (Wildman–Crippen MR) is 90.3 cm³/mol. The average molecular weight is 342 g/mol. The van der Waals surface area contributed by atoms with Gasteiger partial charge in [-0.1, -0.05) is 36.4 Å². The van der Waals surface area contributed by atoms with Gasteiger partial charge in [-0.25, -0.2) is 0 Å². The minimum atomic E-state index is -0.498. The molecule has 0 radical (unpaired) electrons. The summed E-state index contributed by atoms with van der Waals surface area (Å²) >= 11 is 0. The van der Waals surface area contributed by atoms with E-state index in [2.05, 4.69) is 0 Å². The molecule has 0 aromatic heterocycles. The zero-order chi connectivity index (χ0) is 17.6. The summed E-state index contributed by atoms with van der Waals surface area (Å²) in [5.74, 6) is 0.121. The molecule has 1 aliphatic rings. The van der Waals surface area contributed by atoms with Crippen LogP contribution in [0.1, 0.15) is 11.6 Å². The molecule has 0 saturated carbocycles. The molecule has 0 spiro atoms. The predicted octanol–water partition coefficient (Wildman–Crippen LogP) is 2.57. The van der Waals surface area contributed by atoms with E-state index in [1.54, 1.807) is 11.0 Å². The number of carbonyl (C=O) groups excluding carboxylic acids is 1. The highest BCUT2D eigenvalue weighted by Gasteiger charge is 2.28. The van der Waals surface area contributed by atoms with Crippen molar-refractivity contribution in [2.24, 2.45) is 0 Å². The number of morpholine rings is 1. The first-order valence-corrected chi connectivity index (χ1v) is 7.94. The molecule has 1 aliphatic heterocycles. The van der Waals surface area contributed by atoms with E-state index in [0.29, 0.717) is 25.5 Å². The maximum Gasteiger partial charge on any atom is 0.273 e. The highest BCUT2D eigenvalue weighted by atomic mass is 16.6. The normalized spacial score (nSPS) is 17.1. The van der Waals surface area contributed by atoms with Crippen molar-refractivity contribution in [1.29, 1.82) is 0 Å². The Morgan fingerprint density at radius 2 is 2.04 bits per heavy atom. The summed E-state index contributed by atoms with van der Waals surface area (Å²) in [6.45, 7) is 1.22. The molecule has 1 fully saturated rings. The van der Waals surface area contributed by atoms with Crippen molar-refractivity contribution >= 4 is 11.6 Å². The lowest BCUT2D eigenvalue weighted by molar-refractivity contribution is -0.384. The van der Waals surface area contributed by atoms with E-state index in [1.807, 2.05) is 30.3 Å². The molecule has 130 valence electrons. The number of hydrogen-bond acceptors (Lipinski definition) is 5. The molecule has 1 saturated heterocycles. The van der Waals surface area contributed by atoms with Gasteiger partial charge in [0.25, 0.3) is 11.6 Å². The number of rotatable bonds is 5. The molecular formula is C18H18N2O5. The summed E-state index contributed by atoms with van der Waals surface area (Å²) in [6, 6.07) is 15.3. The zero-order valence-corrected chi connectivity index (χ0v) is 13.5. The fourth-order valence-electron chi connectivity index (χ4n) is 2.77. The van der Waals surface area contributed by atoms with Crippen LogP contribution in [-0.4, -0.2) is 42.1 Å². The molecule has 7 nitrogen and oxygen atoms in total. The summed E-state index contributed by atoms with van der Waals surface area (Å²) in [4.78, 5) is 24.6. The maximum atomic E-state index is 12.6. The van der Waals surface area contributed by atoms with Crippen LogP contribution in [0.3, 0.4) is 0 Å². The first-order chi connectivity index (χ1) is 12.1. The molecule has 2 aromatic rings. The van der Waals surface area contributed by atoms with Crippen LogP contribution in [0, 0.1) is 10.1 Å². The van der Waals surface area contributed by atoms with Crippen LogP contribution in [0.4, 0.5) is 5.69 Å². The molecule has 0 unspecified atom stereocenters. The first-order valence-electron chi connectivity index (χ1n) is 7.94. The second kappa shape index (κ2) is 7.76. The number of carbonyl (C=O) groups is 1. The lowest BCUT2D eigenvalue weighted by Crippen LogP contribution is -2.45. The van der Waals surface area contributed by atoms with Crippen molar-refractivity contribution in [3.05, 3.63) is 70.3 Å². The van der Waals surface area contributed by atoms with Gasteiger partial charge >= 0.3 is 0 Å². The fourth-order valence-corrected chi connectivity index (χ4v) is 2.77. The number of ether oxygens (including phenoxy) is 2. The largest absolute Gasteiger partial charge is 0.484 e. The summed E-state index contributed by atoms with van der Waals surface area (Å²) in [5, 5.41) is 10.8. The highest BCUT2D eigenvalue weighted by Crippen LogP contribution is 2.25. The lowest BCUT2D eigenvalue weighted by Gasteiger charge is -2.35. The second-order valence-electron chi connectivity index (χ2n) is 5.63. The number of non-ortho nitro benzene ring substituents is 1. The second-order valence-corrected chi connectivity index (χ2v) is 5.63. The molecular weight excluding hydrogens is 324 g/mol. The average Bonchev–Trinajstić information content (AvgIpc) is 2.67. The molecule has 0 bridgehead atoms. The van der Waals surface area contributed by atoms with Gasteiger partial charge in [0, 0.05) is 12.6 Å². The van der Waals surface area contributed by atoms with Crippen molar-refractivity contribution in [2.75, 3.05) is 26.4 Å². The van der Waals surface area contributed by atoms with E-state index in [9.17, 15) is 14.9 Å². The molecule has 1 heterocycles. The van der Waals surface area contributed by atoms with Crippen LogP contribution >= 0.6 is 0 Å². The fraction of sp³-hybridized carbons (Fsp3) is 0.278. The van der Waals surface area contributed by atoms with E-state index in [-0.39, 0.29) is 24.2 Å². The topological polar surface area (TPSA) is 81.9 Å². The van der Waals surface area contributed by atoms with Crippen LogP contribution in [0.5, 0.6) is 5.75 Å². The van der Waals surface area contributed by atoms with E-state index < -0.39 is 4.92 Å². The highest BCUT2D eigenvalue weighted by molar-refractivity contribution is 5.78. The van der Waals surface area contributed by atoms with Gasteiger partial charge in [0.15, 0.2) is 6.61 Å². The van der Waals surface area contributed by atoms with Crippen molar-refractivity contribution < 1.29 is 19.2 Å². The molecule has 3 rings (SSSR count). The third-order valence-electron chi connectivity index (χ3n) is 4.02. The van der Waals surface area contributed by atoms with Gasteiger partial charge in [-0.15, -0.1) is 0 Å². The van der Waals surface area contributed by atoms with Gasteiger partial charge in [0.05, 0.1) is 30.2 Å². The van der Waals surface area contributed by atoms with Crippen molar-refractivity contribution in [3.8, 4) is 5.75 Å². The Labute approximate surface area is 144 Å². The summed E-state index contributed by atoms with van der Waals surface area (Å²) < 4.78 is 11.0. The van der Waals surface area contributed by atoms with Gasteiger partial charge in [-0.05, 0) is 11.6 Å². The van der Waals surface area contributed by atoms with Crippen molar-refractivity contribution in [2.45, 2.75) is 6.04 Å². The zero-order valence-electron chi connectivity index (χ0n) is 13.5. The van der Waals surface area contributed by atoms with Gasteiger partial charge in [-0.2, -0.15) is 0 Å². The van der Waals surface area contributed by atoms with E-state index in [0.717, 1.165) is 5.56 Å². The van der Waals surface area contributed by atoms with Crippen LogP contribution in [0.15, 0.2) is 54.6 Å². The van der Waals surface area contributed by atoms with E-state index in [1.165, 1.54) is 18.2 Å². The molecule has 0 N–H and O–H groups in total. The number of hydrogen-bond donors (Lipinski definition) is 0. The number of nitro groups is 1. The van der Waals surface area contributed by atoms with Crippen molar-refractivity contribution in [3.63, 3.8) is 0 Å². The van der Waals surface area contributed by atoms with Crippen molar-refractivity contribution in [1.82, 2.24) is 4.90 Å². The van der Waals surface area contributed by atoms with Gasteiger partial charge in [-0.3, -0.25) is 14.9 Å². The molecule has 1 amide bonds. The molecule has 1 atom stereocenters. The van der Waals surface area contributed by atoms with Crippen LogP contribution in [0.25, 0.3) is 0 Å². The number of nitrogens with zero attached hydrogens (tertiary/aromatic N) is 2. The SMILES string of the molecule is O=C(COc1cccc([N+](=O)[O-])c1)N1CCOC[C@H]1c1ccccc1. The number of amides is 1. The van der Waals surface area contributed by atoms with Crippen LogP contribution in [-0.2, 0) is 9.53 Å². The molecule has 7 heteroatoms. The Morgan fingerprint density at radius 3 is 2.80 bits per heavy atom.